The van der Waals surface area contributed by atoms with E-state index in [9.17, 15) is 9.59 Å². The van der Waals surface area contributed by atoms with Crippen LogP contribution >= 0.6 is 0 Å². The van der Waals surface area contributed by atoms with E-state index in [-0.39, 0.29) is 11.8 Å². The van der Waals surface area contributed by atoms with Crippen LogP contribution in [0.4, 0.5) is 0 Å². The number of carbonyl (C=O) groups excluding carboxylic acids is 2. The summed E-state index contributed by atoms with van der Waals surface area (Å²) >= 11 is 0. The number of H-pyrrole nitrogens is 1. The minimum atomic E-state index is -0.399. The van der Waals surface area contributed by atoms with Gasteiger partial charge in [-0.3, -0.25) is 9.59 Å². The smallest absolute Gasteiger partial charge is 0.254 e. The predicted octanol–water partition coefficient (Wildman–Crippen LogP) is 0.308. The van der Waals surface area contributed by atoms with Crippen molar-refractivity contribution < 1.29 is 9.59 Å². The first kappa shape index (κ1) is 12.6. The molecule has 0 bridgehead atoms. The third-order valence-electron chi connectivity index (χ3n) is 3.54. The van der Waals surface area contributed by atoms with E-state index < -0.39 is 6.04 Å². The summed E-state index contributed by atoms with van der Waals surface area (Å²) in [4.78, 5) is 26.0. The van der Waals surface area contributed by atoms with E-state index in [4.69, 9.17) is 0 Å². The maximum Gasteiger partial charge on any atom is 0.254 e. The molecule has 20 heavy (non-hydrogen) atoms. The maximum atomic E-state index is 12.6. The third kappa shape index (κ3) is 2.01. The third-order valence-corrected chi connectivity index (χ3v) is 3.54. The molecule has 1 aliphatic rings. The second-order valence-electron chi connectivity index (χ2n) is 4.74. The lowest BCUT2D eigenvalue weighted by Crippen LogP contribution is -2.56. The van der Waals surface area contributed by atoms with E-state index in [1.807, 2.05) is 6.92 Å². The van der Waals surface area contributed by atoms with Gasteiger partial charge in [0.05, 0.1) is 0 Å². The zero-order chi connectivity index (χ0) is 14.1. The van der Waals surface area contributed by atoms with Crippen molar-refractivity contribution in [3.8, 4) is 0 Å². The van der Waals surface area contributed by atoms with Gasteiger partial charge in [0.1, 0.15) is 17.1 Å². The topological polar surface area (TPSA) is 91.0 Å². The molecule has 2 amide bonds. The lowest BCUT2D eigenvalue weighted by Gasteiger charge is -2.34. The van der Waals surface area contributed by atoms with Crippen molar-refractivity contribution in [1.29, 1.82) is 0 Å². The Labute approximate surface area is 115 Å². The average molecular weight is 273 g/mol. The molecule has 1 atom stereocenters. The summed E-state index contributed by atoms with van der Waals surface area (Å²) in [7, 11) is 0. The first-order valence-electron chi connectivity index (χ1n) is 6.60. The monoisotopic (exact) mass is 273 g/mol. The number of nitrogens with zero attached hydrogens (tertiary/aromatic N) is 3. The number of nitrogens with one attached hydrogen (secondary N) is 2. The van der Waals surface area contributed by atoms with Gasteiger partial charge in [-0.15, -0.1) is 0 Å². The largest absolute Gasteiger partial charge is 0.353 e. The Morgan fingerprint density at radius 3 is 3.00 bits per heavy atom. The first-order chi connectivity index (χ1) is 9.70. The molecule has 0 saturated carbocycles. The zero-order valence-electron chi connectivity index (χ0n) is 11.1. The van der Waals surface area contributed by atoms with Crippen LogP contribution in [0.2, 0.25) is 0 Å². The van der Waals surface area contributed by atoms with Crippen molar-refractivity contribution in [2.24, 2.45) is 0 Å². The highest BCUT2D eigenvalue weighted by molar-refractivity contribution is 6.00. The van der Waals surface area contributed by atoms with Gasteiger partial charge in [-0.2, -0.15) is 15.4 Å². The Morgan fingerprint density at radius 2 is 2.20 bits per heavy atom. The molecule has 2 heterocycles. The second kappa shape index (κ2) is 4.92. The van der Waals surface area contributed by atoms with Gasteiger partial charge in [0.15, 0.2) is 0 Å². The molecule has 1 fully saturated rings. The zero-order valence-corrected chi connectivity index (χ0v) is 11.1. The Balaban J connectivity index is 1.92. The van der Waals surface area contributed by atoms with Gasteiger partial charge < -0.3 is 10.2 Å². The van der Waals surface area contributed by atoms with Crippen molar-refractivity contribution in [3.63, 3.8) is 0 Å². The number of aromatic amines is 1. The summed E-state index contributed by atoms with van der Waals surface area (Å²) in [6.45, 7) is 2.92. The van der Waals surface area contributed by atoms with Gasteiger partial charge in [-0.05, 0) is 24.6 Å². The molecule has 2 aromatic rings. The summed E-state index contributed by atoms with van der Waals surface area (Å²) in [5.41, 5.74) is 1.88. The van der Waals surface area contributed by atoms with Crippen LogP contribution in [0.1, 0.15) is 23.7 Å². The molecule has 3 rings (SSSR count). The first-order valence-corrected chi connectivity index (χ1v) is 6.60. The van der Waals surface area contributed by atoms with E-state index in [1.54, 1.807) is 23.1 Å². The van der Waals surface area contributed by atoms with Crippen LogP contribution in [0, 0.1) is 0 Å². The number of amides is 2. The van der Waals surface area contributed by atoms with Crippen LogP contribution in [0.25, 0.3) is 11.0 Å². The lowest BCUT2D eigenvalue weighted by molar-refractivity contribution is -0.127. The molecule has 1 unspecified atom stereocenters. The van der Waals surface area contributed by atoms with Gasteiger partial charge in [0.2, 0.25) is 5.91 Å². The van der Waals surface area contributed by atoms with E-state index in [0.29, 0.717) is 36.1 Å². The standard InChI is InChI=1S/C13H15N5O2/c1-2-11-12(19)14-5-6-18(11)13(20)8-3-4-9-10(7-8)16-17-15-9/h3-4,7,11H,2,5-6H2,1H3,(H,14,19)(H,15,16,17). The van der Waals surface area contributed by atoms with Crippen molar-refractivity contribution in [3.05, 3.63) is 23.8 Å². The SMILES string of the molecule is CCC1C(=O)NCCN1C(=O)c1ccc2n[nH]nc2c1. The molecule has 1 aliphatic heterocycles. The van der Waals surface area contributed by atoms with Gasteiger partial charge >= 0.3 is 0 Å². The number of fused-ring (bicyclic) bond motifs is 1. The number of carbonyl (C=O) groups is 2. The summed E-state index contributed by atoms with van der Waals surface area (Å²) in [5, 5.41) is 13.2. The van der Waals surface area contributed by atoms with Crippen LogP contribution in [-0.2, 0) is 4.79 Å². The predicted molar refractivity (Wildman–Crippen MR) is 72.0 cm³/mol. The quantitative estimate of drug-likeness (QED) is 0.823. The van der Waals surface area contributed by atoms with E-state index in [1.165, 1.54) is 0 Å². The van der Waals surface area contributed by atoms with Crippen molar-refractivity contribution in [2.45, 2.75) is 19.4 Å². The number of benzene rings is 1. The fraction of sp³-hybridized carbons (Fsp3) is 0.385. The summed E-state index contributed by atoms with van der Waals surface area (Å²) in [6, 6.07) is 4.76. The molecule has 104 valence electrons. The molecule has 1 aromatic heterocycles. The van der Waals surface area contributed by atoms with Crippen molar-refractivity contribution in [1.82, 2.24) is 25.6 Å². The maximum absolute atomic E-state index is 12.6. The minimum absolute atomic E-state index is 0.0883. The molecule has 7 heteroatoms. The molecular formula is C13H15N5O2. The van der Waals surface area contributed by atoms with E-state index >= 15 is 0 Å². The molecule has 1 saturated heterocycles. The molecular weight excluding hydrogens is 258 g/mol. The molecule has 2 N–H and O–H groups in total. The summed E-state index contributed by atoms with van der Waals surface area (Å²) < 4.78 is 0. The Bertz CT molecular complexity index is 666. The normalized spacial score (nSPS) is 19.1. The second-order valence-corrected chi connectivity index (χ2v) is 4.74. The number of aromatic nitrogens is 3. The van der Waals surface area contributed by atoms with Gasteiger partial charge in [0.25, 0.3) is 5.91 Å². The fourth-order valence-corrected chi connectivity index (χ4v) is 2.50. The highest BCUT2D eigenvalue weighted by atomic mass is 16.2. The highest BCUT2D eigenvalue weighted by Gasteiger charge is 2.32. The van der Waals surface area contributed by atoms with Crippen LogP contribution in [-0.4, -0.2) is 51.3 Å². The minimum Gasteiger partial charge on any atom is -0.353 e. The lowest BCUT2D eigenvalue weighted by atomic mass is 10.1. The van der Waals surface area contributed by atoms with Crippen LogP contribution in [0.15, 0.2) is 18.2 Å². The van der Waals surface area contributed by atoms with Gasteiger partial charge in [-0.1, -0.05) is 6.92 Å². The number of piperazine rings is 1. The summed E-state index contributed by atoms with van der Waals surface area (Å²) in [6.07, 6.45) is 0.601. The Hall–Kier alpha value is -2.44. The number of hydrogen-bond donors (Lipinski definition) is 2. The summed E-state index contributed by atoms with van der Waals surface area (Å²) in [5.74, 6) is -0.230. The van der Waals surface area contributed by atoms with E-state index in [2.05, 4.69) is 20.7 Å². The number of rotatable bonds is 2. The number of hydrogen-bond acceptors (Lipinski definition) is 4. The van der Waals surface area contributed by atoms with Crippen LogP contribution in [0.5, 0.6) is 0 Å². The van der Waals surface area contributed by atoms with E-state index in [0.717, 1.165) is 0 Å². The average Bonchev–Trinajstić information content (AvgIpc) is 2.93. The van der Waals surface area contributed by atoms with Crippen molar-refractivity contribution >= 4 is 22.8 Å². The van der Waals surface area contributed by atoms with Crippen LogP contribution < -0.4 is 5.32 Å². The van der Waals surface area contributed by atoms with Gasteiger partial charge in [-0.25, -0.2) is 0 Å². The molecule has 0 aliphatic carbocycles. The Morgan fingerprint density at radius 1 is 1.40 bits per heavy atom. The molecule has 0 radical (unpaired) electrons. The highest BCUT2D eigenvalue weighted by Crippen LogP contribution is 2.16. The molecule has 0 spiro atoms. The molecule has 7 nitrogen and oxygen atoms in total. The molecule has 1 aromatic carbocycles. The van der Waals surface area contributed by atoms with Crippen LogP contribution in [0.3, 0.4) is 0 Å². The van der Waals surface area contributed by atoms with Gasteiger partial charge in [0, 0.05) is 18.7 Å². The van der Waals surface area contributed by atoms with Crippen molar-refractivity contribution in [2.75, 3.05) is 13.1 Å². The Kier molecular flexibility index (Phi) is 3.09. The fourth-order valence-electron chi connectivity index (χ4n) is 2.50.